The summed E-state index contributed by atoms with van der Waals surface area (Å²) in [6, 6.07) is 5.58. The first-order valence-electron chi connectivity index (χ1n) is 7.22. The molecule has 0 bridgehead atoms. The molecule has 23 heavy (non-hydrogen) atoms. The molecule has 1 heterocycles. The Kier molecular flexibility index (Phi) is 9.05. The van der Waals surface area contributed by atoms with Gasteiger partial charge in [-0.2, -0.15) is 5.26 Å². The third kappa shape index (κ3) is 7.40. The molecule has 0 spiro atoms. The minimum atomic E-state index is -0.420. The molecule has 0 aliphatic carbocycles. The van der Waals surface area contributed by atoms with Gasteiger partial charge >= 0.3 is 0 Å². The Morgan fingerprint density at radius 3 is 2.61 bits per heavy atom. The van der Waals surface area contributed by atoms with Crippen LogP contribution in [0.15, 0.2) is 36.3 Å². The summed E-state index contributed by atoms with van der Waals surface area (Å²) in [4.78, 5) is 17.9. The van der Waals surface area contributed by atoms with Gasteiger partial charge in [-0.05, 0) is 11.6 Å². The van der Waals surface area contributed by atoms with Crippen molar-refractivity contribution in [1.29, 1.82) is 5.26 Å². The van der Waals surface area contributed by atoms with Crippen molar-refractivity contribution >= 4 is 5.91 Å². The van der Waals surface area contributed by atoms with E-state index in [9.17, 15) is 10.1 Å². The van der Waals surface area contributed by atoms with E-state index in [2.05, 4.69) is 10.3 Å². The SMILES string of the molecule is COCCN(/C=C(/C#N)C(=O)NCc1cccnc1)CCOC. The maximum Gasteiger partial charge on any atom is 0.263 e. The zero-order valence-corrected chi connectivity index (χ0v) is 13.5. The predicted molar refractivity (Wildman–Crippen MR) is 85.1 cm³/mol. The van der Waals surface area contributed by atoms with Gasteiger partial charge in [-0.15, -0.1) is 0 Å². The molecule has 1 aromatic heterocycles. The van der Waals surface area contributed by atoms with E-state index in [1.165, 1.54) is 6.20 Å². The van der Waals surface area contributed by atoms with Crippen LogP contribution in [0.25, 0.3) is 0 Å². The molecule has 0 atom stereocenters. The molecule has 1 aromatic rings. The van der Waals surface area contributed by atoms with Crippen molar-refractivity contribution in [2.24, 2.45) is 0 Å². The molecule has 7 nitrogen and oxygen atoms in total. The highest BCUT2D eigenvalue weighted by molar-refractivity contribution is 5.97. The van der Waals surface area contributed by atoms with Crippen molar-refractivity contribution in [3.8, 4) is 6.07 Å². The second-order valence-electron chi connectivity index (χ2n) is 4.72. The van der Waals surface area contributed by atoms with E-state index in [-0.39, 0.29) is 5.57 Å². The quantitative estimate of drug-likeness (QED) is 0.505. The van der Waals surface area contributed by atoms with E-state index in [1.54, 1.807) is 32.7 Å². The molecule has 1 rings (SSSR count). The number of amides is 1. The van der Waals surface area contributed by atoms with Gasteiger partial charge in [0.25, 0.3) is 5.91 Å². The summed E-state index contributed by atoms with van der Waals surface area (Å²) in [6.45, 7) is 2.45. The molecule has 0 saturated carbocycles. The number of pyridine rings is 1. The van der Waals surface area contributed by atoms with Crippen LogP contribution in [0.5, 0.6) is 0 Å². The van der Waals surface area contributed by atoms with E-state index >= 15 is 0 Å². The number of carbonyl (C=O) groups is 1. The molecule has 0 aliphatic rings. The topological polar surface area (TPSA) is 87.5 Å². The van der Waals surface area contributed by atoms with Gasteiger partial charge in [-0.25, -0.2) is 0 Å². The predicted octanol–water partition coefficient (Wildman–Crippen LogP) is 0.700. The molecule has 0 saturated heterocycles. The second-order valence-corrected chi connectivity index (χ2v) is 4.72. The van der Waals surface area contributed by atoms with Crippen LogP contribution < -0.4 is 5.32 Å². The Bertz CT molecular complexity index is 532. The minimum Gasteiger partial charge on any atom is -0.383 e. The maximum atomic E-state index is 12.1. The van der Waals surface area contributed by atoms with Crippen LogP contribution in [0.3, 0.4) is 0 Å². The molecule has 124 valence electrons. The first-order valence-corrected chi connectivity index (χ1v) is 7.22. The molecular weight excluding hydrogens is 296 g/mol. The molecule has 0 unspecified atom stereocenters. The largest absolute Gasteiger partial charge is 0.383 e. The smallest absolute Gasteiger partial charge is 0.263 e. The molecular formula is C16H22N4O3. The summed E-state index contributed by atoms with van der Waals surface area (Å²) < 4.78 is 10.1. The van der Waals surface area contributed by atoms with Crippen LogP contribution in [0.1, 0.15) is 5.56 Å². The Hall–Kier alpha value is -2.43. The summed E-state index contributed by atoms with van der Waals surface area (Å²) in [5, 5.41) is 11.9. The zero-order chi connectivity index (χ0) is 16.9. The Labute approximate surface area is 136 Å². The number of carbonyl (C=O) groups excluding carboxylic acids is 1. The number of nitrogens with one attached hydrogen (secondary N) is 1. The highest BCUT2D eigenvalue weighted by Gasteiger charge is 2.11. The molecule has 1 N–H and O–H groups in total. The molecule has 0 fully saturated rings. The summed E-state index contributed by atoms with van der Waals surface area (Å²) >= 11 is 0. The van der Waals surface area contributed by atoms with Crippen LogP contribution in [0.2, 0.25) is 0 Å². The third-order valence-electron chi connectivity index (χ3n) is 3.02. The monoisotopic (exact) mass is 318 g/mol. The van der Waals surface area contributed by atoms with Gasteiger partial charge in [0, 0.05) is 52.4 Å². The van der Waals surface area contributed by atoms with Crippen LogP contribution >= 0.6 is 0 Å². The van der Waals surface area contributed by atoms with Gasteiger partial charge in [0.1, 0.15) is 11.6 Å². The molecule has 1 amide bonds. The van der Waals surface area contributed by atoms with Crippen LogP contribution in [-0.4, -0.2) is 56.3 Å². The van der Waals surface area contributed by atoms with Crippen LogP contribution in [0, 0.1) is 11.3 Å². The Balaban J connectivity index is 2.66. The third-order valence-corrected chi connectivity index (χ3v) is 3.02. The lowest BCUT2D eigenvalue weighted by molar-refractivity contribution is -0.117. The zero-order valence-electron chi connectivity index (χ0n) is 13.5. The van der Waals surface area contributed by atoms with Gasteiger partial charge in [-0.1, -0.05) is 6.07 Å². The lowest BCUT2D eigenvalue weighted by Gasteiger charge is -2.20. The maximum absolute atomic E-state index is 12.1. The first kappa shape index (κ1) is 18.6. The van der Waals surface area contributed by atoms with Crippen LogP contribution in [0.4, 0.5) is 0 Å². The second kappa shape index (κ2) is 11.2. The average molecular weight is 318 g/mol. The number of methoxy groups -OCH3 is 2. The molecule has 7 heteroatoms. The number of rotatable bonds is 10. The van der Waals surface area contributed by atoms with Crippen molar-refractivity contribution in [2.75, 3.05) is 40.5 Å². The summed E-state index contributed by atoms with van der Waals surface area (Å²) in [6.07, 6.45) is 4.87. The van der Waals surface area contributed by atoms with Crippen molar-refractivity contribution in [3.63, 3.8) is 0 Å². The van der Waals surface area contributed by atoms with Gasteiger partial charge in [0.2, 0.25) is 0 Å². The number of hydrogen-bond acceptors (Lipinski definition) is 6. The van der Waals surface area contributed by atoms with Gasteiger partial charge in [0.05, 0.1) is 13.2 Å². The number of hydrogen-bond donors (Lipinski definition) is 1. The normalized spacial score (nSPS) is 10.9. The van der Waals surface area contributed by atoms with Crippen LogP contribution in [-0.2, 0) is 20.8 Å². The number of aromatic nitrogens is 1. The molecule has 0 aliphatic heterocycles. The standard InChI is InChI=1S/C16H22N4O3/c1-22-8-6-20(7-9-23-2)13-15(10-17)16(21)19-12-14-4-3-5-18-11-14/h3-5,11,13H,6-9,12H2,1-2H3,(H,19,21)/b15-13-. The number of nitrogens with zero attached hydrogens (tertiary/aromatic N) is 3. The van der Waals surface area contributed by atoms with Gasteiger partial charge in [0.15, 0.2) is 0 Å². The van der Waals surface area contributed by atoms with E-state index in [0.29, 0.717) is 32.8 Å². The fourth-order valence-corrected chi connectivity index (χ4v) is 1.76. The number of nitriles is 1. The summed E-state index contributed by atoms with van der Waals surface area (Å²) in [7, 11) is 3.20. The molecule has 0 aromatic carbocycles. The minimum absolute atomic E-state index is 0.0427. The lowest BCUT2D eigenvalue weighted by Crippen LogP contribution is -2.29. The first-order chi connectivity index (χ1) is 11.2. The fraction of sp³-hybridized carbons (Fsp3) is 0.438. The van der Waals surface area contributed by atoms with Gasteiger partial charge < -0.3 is 19.7 Å². The van der Waals surface area contributed by atoms with E-state index in [4.69, 9.17) is 9.47 Å². The summed E-state index contributed by atoms with van der Waals surface area (Å²) in [5.74, 6) is -0.420. The highest BCUT2D eigenvalue weighted by atomic mass is 16.5. The highest BCUT2D eigenvalue weighted by Crippen LogP contribution is 2.01. The van der Waals surface area contributed by atoms with Crippen molar-refractivity contribution < 1.29 is 14.3 Å². The van der Waals surface area contributed by atoms with E-state index < -0.39 is 5.91 Å². The van der Waals surface area contributed by atoms with Crippen molar-refractivity contribution in [2.45, 2.75) is 6.54 Å². The van der Waals surface area contributed by atoms with E-state index in [1.807, 2.05) is 17.0 Å². The van der Waals surface area contributed by atoms with Crippen molar-refractivity contribution in [3.05, 3.63) is 41.9 Å². The Morgan fingerprint density at radius 1 is 1.39 bits per heavy atom. The van der Waals surface area contributed by atoms with Gasteiger partial charge in [-0.3, -0.25) is 9.78 Å². The molecule has 0 radical (unpaired) electrons. The summed E-state index contributed by atoms with van der Waals surface area (Å²) in [5.41, 5.74) is 0.912. The lowest BCUT2D eigenvalue weighted by atomic mass is 10.2. The Morgan fingerprint density at radius 2 is 2.09 bits per heavy atom. The van der Waals surface area contributed by atoms with Crippen molar-refractivity contribution in [1.82, 2.24) is 15.2 Å². The fourth-order valence-electron chi connectivity index (χ4n) is 1.76. The van der Waals surface area contributed by atoms with E-state index in [0.717, 1.165) is 5.56 Å². The number of ether oxygens (including phenoxy) is 2. The average Bonchev–Trinajstić information content (AvgIpc) is 2.60.